The van der Waals surface area contributed by atoms with Gasteiger partial charge in [0.1, 0.15) is 0 Å². The Labute approximate surface area is 120 Å². The van der Waals surface area contributed by atoms with Gasteiger partial charge in [0.25, 0.3) is 0 Å². The van der Waals surface area contributed by atoms with Gasteiger partial charge in [-0.3, -0.25) is 4.79 Å². The van der Waals surface area contributed by atoms with Crippen molar-refractivity contribution in [2.45, 2.75) is 55.9 Å². The van der Waals surface area contributed by atoms with Crippen LogP contribution < -0.4 is 0 Å². The van der Waals surface area contributed by atoms with E-state index in [1.165, 1.54) is 18.4 Å². The Bertz CT molecular complexity index is 468. The van der Waals surface area contributed by atoms with Crippen molar-refractivity contribution in [3.8, 4) is 0 Å². The number of rotatable bonds is 3. The van der Waals surface area contributed by atoms with E-state index in [2.05, 4.69) is 37.7 Å². The van der Waals surface area contributed by atoms with E-state index in [-0.39, 0.29) is 5.92 Å². The smallest absolute Gasteiger partial charge is 0.166 e. The first-order chi connectivity index (χ1) is 9.13. The first-order valence-corrected chi connectivity index (χ1v) is 8.37. The molecule has 2 heterocycles. The Balaban J connectivity index is 1.78. The zero-order chi connectivity index (χ0) is 13.4. The molecule has 2 heteroatoms. The third kappa shape index (κ3) is 2.74. The average molecular weight is 274 g/mol. The van der Waals surface area contributed by atoms with Gasteiger partial charge in [0, 0.05) is 22.0 Å². The normalized spacial score (nSPS) is 29.7. The van der Waals surface area contributed by atoms with E-state index >= 15 is 0 Å². The molecule has 0 saturated carbocycles. The Morgan fingerprint density at radius 3 is 2.53 bits per heavy atom. The molecular weight excluding hydrogens is 252 g/mol. The fourth-order valence-corrected chi connectivity index (χ4v) is 5.13. The fraction of sp³-hybridized carbons (Fsp3) is 0.588. The van der Waals surface area contributed by atoms with Crippen LogP contribution in [0.3, 0.4) is 0 Å². The van der Waals surface area contributed by atoms with Gasteiger partial charge in [-0.05, 0) is 43.2 Å². The number of carbonyl (C=O) groups excluding carboxylic acids is 1. The lowest BCUT2D eigenvalue weighted by molar-refractivity contribution is 0.0907. The van der Waals surface area contributed by atoms with Crippen LogP contribution in [0.2, 0.25) is 0 Å². The third-order valence-electron chi connectivity index (χ3n) is 4.50. The van der Waals surface area contributed by atoms with E-state index < -0.39 is 0 Å². The minimum Gasteiger partial charge on any atom is -0.294 e. The molecule has 2 atom stereocenters. The van der Waals surface area contributed by atoms with Crippen LogP contribution in [0, 0.1) is 5.92 Å². The molecule has 0 spiro atoms. The van der Waals surface area contributed by atoms with E-state index in [0.29, 0.717) is 11.7 Å². The van der Waals surface area contributed by atoms with Crippen LogP contribution in [0.25, 0.3) is 0 Å². The second-order valence-electron chi connectivity index (χ2n) is 6.27. The van der Waals surface area contributed by atoms with Crippen molar-refractivity contribution >= 4 is 17.5 Å². The van der Waals surface area contributed by atoms with Gasteiger partial charge < -0.3 is 0 Å². The second kappa shape index (κ2) is 5.32. The maximum Gasteiger partial charge on any atom is 0.166 e. The lowest BCUT2D eigenvalue weighted by Crippen LogP contribution is -2.24. The summed E-state index contributed by atoms with van der Waals surface area (Å²) in [5.41, 5.74) is 2.21. The van der Waals surface area contributed by atoms with Crippen molar-refractivity contribution < 1.29 is 4.79 Å². The summed E-state index contributed by atoms with van der Waals surface area (Å²) in [5.74, 6) is 1.16. The lowest BCUT2D eigenvalue weighted by atomic mass is 9.89. The molecule has 2 saturated heterocycles. The summed E-state index contributed by atoms with van der Waals surface area (Å²) in [4.78, 5) is 12.7. The molecule has 0 aromatic heterocycles. The molecule has 1 aromatic rings. The minimum absolute atomic E-state index is 0.279. The summed E-state index contributed by atoms with van der Waals surface area (Å²) in [6.45, 7) is 4.36. The predicted molar refractivity (Wildman–Crippen MR) is 82.0 cm³/mol. The molecule has 0 aliphatic carbocycles. The molecule has 2 unspecified atom stereocenters. The zero-order valence-electron chi connectivity index (χ0n) is 11.8. The van der Waals surface area contributed by atoms with Crippen molar-refractivity contribution in [1.29, 1.82) is 0 Å². The summed E-state index contributed by atoms with van der Waals surface area (Å²) in [7, 11) is 0. The van der Waals surface area contributed by atoms with E-state index in [0.717, 1.165) is 28.9 Å². The quantitative estimate of drug-likeness (QED) is 0.745. The van der Waals surface area contributed by atoms with Crippen LogP contribution in [0.4, 0.5) is 0 Å². The zero-order valence-corrected chi connectivity index (χ0v) is 12.6. The molecule has 2 bridgehead atoms. The SMILES string of the molecule is CC(C)c1cccc(C(=O)C2CC3CCC(C2)S3)c1. The first kappa shape index (κ1) is 13.2. The Kier molecular flexibility index (Phi) is 3.70. The highest BCUT2D eigenvalue weighted by molar-refractivity contribution is 8.00. The molecule has 3 rings (SSSR count). The Hall–Kier alpha value is -0.760. The molecule has 1 aromatic carbocycles. The number of hydrogen-bond donors (Lipinski definition) is 0. The molecule has 2 fully saturated rings. The summed E-state index contributed by atoms with van der Waals surface area (Å²) in [5, 5.41) is 1.50. The Morgan fingerprint density at radius 1 is 1.21 bits per heavy atom. The number of benzene rings is 1. The molecular formula is C17H22OS. The maximum atomic E-state index is 12.7. The lowest BCUT2D eigenvalue weighted by Gasteiger charge is -2.26. The van der Waals surface area contributed by atoms with Crippen LogP contribution in [0.1, 0.15) is 61.4 Å². The summed E-state index contributed by atoms with van der Waals surface area (Å²) >= 11 is 2.12. The van der Waals surface area contributed by atoms with Crippen molar-refractivity contribution in [2.75, 3.05) is 0 Å². The number of Topliss-reactive ketones (excluding diaryl/α,β-unsaturated/α-hetero) is 1. The van der Waals surface area contributed by atoms with E-state index in [1.54, 1.807) is 0 Å². The standard InChI is InChI=1S/C17H22OS/c1-11(2)12-4-3-5-13(8-12)17(18)14-9-15-6-7-16(10-14)19-15/h3-5,8,11,14-16H,6-7,9-10H2,1-2H3. The number of ketones is 1. The maximum absolute atomic E-state index is 12.7. The van der Waals surface area contributed by atoms with Gasteiger partial charge in [0.05, 0.1) is 0 Å². The van der Waals surface area contributed by atoms with E-state index in [1.807, 2.05) is 12.1 Å². The van der Waals surface area contributed by atoms with Gasteiger partial charge in [0.2, 0.25) is 0 Å². The van der Waals surface area contributed by atoms with Crippen molar-refractivity contribution in [1.82, 2.24) is 0 Å². The highest BCUT2D eigenvalue weighted by Crippen LogP contribution is 2.46. The molecule has 2 aliphatic rings. The van der Waals surface area contributed by atoms with Gasteiger partial charge in [0.15, 0.2) is 5.78 Å². The van der Waals surface area contributed by atoms with Crippen molar-refractivity contribution in [3.05, 3.63) is 35.4 Å². The highest BCUT2D eigenvalue weighted by Gasteiger charge is 2.37. The van der Waals surface area contributed by atoms with E-state index in [4.69, 9.17) is 0 Å². The molecule has 0 amide bonds. The largest absolute Gasteiger partial charge is 0.294 e. The topological polar surface area (TPSA) is 17.1 Å². The van der Waals surface area contributed by atoms with Crippen LogP contribution in [-0.2, 0) is 0 Å². The first-order valence-electron chi connectivity index (χ1n) is 7.43. The van der Waals surface area contributed by atoms with Crippen LogP contribution in [-0.4, -0.2) is 16.3 Å². The van der Waals surface area contributed by atoms with Crippen LogP contribution >= 0.6 is 11.8 Å². The summed E-state index contributed by atoms with van der Waals surface area (Å²) in [6.07, 6.45) is 4.86. The average Bonchev–Trinajstić information content (AvgIpc) is 2.76. The van der Waals surface area contributed by atoms with Crippen molar-refractivity contribution in [3.63, 3.8) is 0 Å². The molecule has 2 aliphatic heterocycles. The minimum atomic E-state index is 0.279. The number of fused-ring (bicyclic) bond motifs is 2. The van der Waals surface area contributed by atoms with Gasteiger partial charge in [-0.2, -0.15) is 11.8 Å². The fourth-order valence-electron chi connectivity index (χ4n) is 3.36. The van der Waals surface area contributed by atoms with Gasteiger partial charge in [-0.15, -0.1) is 0 Å². The Morgan fingerprint density at radius 2 is 1.89 bits per heavy atom. The van der Waals surface area contributed by atoms with Crippen LogP contribution in [0.5, 0.6) is 0 Å². The number of thioether (sulfide) groups is 1. The van der Waals surface area contributed by atoms with E-state index in [9.17, 15) is 4.79 Å². The highest BCUT2D eigenvalue weighted by atomic mass is 32.2. The van der Waals surface area contributed by atoms with Gasteiger partial charge in [-0.1, -0.05) is 32.0 Å². The molecule has 19 heavy (non-hydrogen) atoms. The summed E-state index contributed by atoms with van der Waals surface area (Å²) in [6, 6.07) is 8.27. The van der Waals surface area contributed by atoms with Gasteiger partial charge >= 0.3 is 0 Å². The number of hydrogen-bond acceptors (Lipinski definition) is 2. The summed E-state index contributed by atoms with van der Waals surface area (Å²) < 4.78 is 0. The monoisotopic (exact) mass is 274 g/mol. The molecule has 102 valence electrons. The molecule has 1 nitrogen and oxygen atoms in total. The number of carbonyl (C=O) groups is 1. The van der Waals surface area contributed by atoms with Crippen LogP contribution in [0.15, 0.2) is 24.3 Å². The van der Waals surface area contributed by atoms with Gasteiger partial charge in [-0.25, -0.2) is 0 Å². The van der Waals surface area contributed by atoms with Crippen molar-refractivity contribution in [2.24, 2.45) is 5.92 Å². The second-order valence-corrected chi connectivity index (χ2v) is 7.88. The predicted octanol–water partition coefficient (Wildman–Crippen LogP) is 4.67. The third-order valence-corrected chi connectivity index (χ3v) is 6.13. The molecule has 0 radical (unpaired) electrons. The molecule has 0 N–H and O–H groups in total.